The average molecular weight is 351 g/mol. The summed E-state index contributed by atoms with van der Waals surface area (Å²) in [5.41, 5.74) is 5.34. The van der Waals surface area contributed by atoms with Gasteiger partial charge < -0.3 is 9.47 Å². The average Bonchev–Trinajstić information content (AvgIpc) is 2.61. The molecule has 2 N–H and O–H groups in total. The Hall–Kier alpha value is -2.71. The van der Waals surface area contributed by atoms with Crippen molar-refractivity contribution in [2.24, 2.45) is 0 Å². The van der Waals surface area contributed by atoms with Gasteiger partial charge in [0.2, 0.25) is 0 Å². The summed E-state index contributed by atoms with van der Waals surface area (Å²) < 4.78 is 10.3. The van der Waals surface area contributed by atoms with Crippen LogP contribution in [-0.2, 0) is 16.1 Å². The van der Waals surface area contributed by atoms with Crippen LogP contribution in [0, 0.1) is 0 Å². The normalized spacial score (nSPS) is 10.1. The van der Waals surface area contributed by atoms with Crippen LogP contribution < -0.4 is 15.6 Å². The summed E-state index contributed by atoms with van der Waals surface area (Å²) in [5.74, 6) is -0.369. The van der Waals surface area contributed by atoms with E-state index in [1.54, 1.807) is 19.2 Å². The number of carbonyl (C=O) groups is 2. The molecule has 24 heavy (non-hydrogen) atoms. The van der Waals surface area contributed by atoms with Gasteiger partial charge in [0.1, 0.15) is 12.4 Å². The van der Waals surface area contributed by atoms with E-state index in [0.717, 1.165) is 11.3 Å². The third kappa shape index (κ3) is 5.49. The quantitative estimate of drug-likeness (QED) is 0.757. The summed E-state index contributed by atoms with van der Waals surface area (Å²) >= 11 is 5.57. The summed E-state index contributed by atoms with van der Waals surface area (Å²) in [5, 5.41) is 7.29. The van der Waals surface area contributed by atoms with E-state index >= 15 is 0 Å². The second kappa shape index (κ2) is 8.80. The number of halogens is 1. The summed E-state index contributed by atoms with van der Waals surface area (Å²) in [6.07, 6.45) is 0. The first-order valence-corrected chi connectivity index (χ1v) is 7.25. The van der Waals surface area contributed by atoms with Crippen molar-refractivity contribution in [1.29, 1.82) is 0 Å². The number of ether oxygens (including phenoxy) is 2. The fraction of sp³-hybridized carbons (Fsp3) is 0.200. The highest BCUT2D eigenvalue weighted by atomic mass is 35.5. The van der Waals surface area contributed by atoms with Crippen LogP contribution in [0.15, 0.2) is 36.4 Å². The summed E-state index contributed by atoms with van der Waals surface area (Å²) in [6, 6.07) is 10.1. The highest BCUT2D eigenvalue weighted by Crippen LogP contribution is 2.11. The van der Waals surface area contributed by atoms with Crippen molar-refractivity contribution < 1.29 is 19.1 Å². The maximum Gasteiger partial charge on any atom is 0.290 e. The molecule has 8 nitrogen and oxygen atoms in total. The number of amides is 2. The molecule has 0 unspecified atom stereocenters. The molecule has 9 heteroatoms. The molecule has 0 aliphatic rings. The molecule has 2 aromatic rings. The summed E-state index contributed by atoms with van der Waals surface area (Å²) in [6.45, 7) is 0.0482. The van der Waals surface area contributed by atoms with Gasteiger partial charge in [-0.2, -0.15) is 0 Å². The monoisotopic (exact) mass is 350 g/mol. The lowest BCUT2D eigenvalue weighted by Crippen LogP contribution is -2.43. The van der Waals surface area contributed by atoms with Gasteiger partial charge in [0.25, 0.3) is 11.8 Å². The number of rotatable bonds is 6. The van der Waals surface area contributed by atoms with E-state index in [2.05, 4.69) is 21.0 Å². The smallest absolute Gasteiger partial charge is 0.290 e. The van der Waals surface area contributed by atoms with Crippen LogP contribution in [0.5, 0.6) is 5.75 Å². The van der Waals surface area contributed by atoms with E-state index in [1.807, 2.05) is 12.1 Å². The number of benzene rings is 1. The molecular formula is C15H15ClN4O4. The largest absolute Gasteiger partial charge is 0.497 e. The second-order valence-electron chi connectivity index (χ2n) is 4.58. The zero-order valence-electron chi connectivity index (χ0n) is 12.8. The highest BCUT2D eigenvalue weighted by molar-refractivity contribution is 6.29. The van der Waals surface area contributed by atoms with E-state index in [4.69, 9.17) is 21.1 Å². The van der Waals surface area contributed by atoms with Gasteiger partial charge in [0.15, 0.2) is 10.8 Å². The Kier molecular flexibility index (Phi) is 6.47. The van der Waals surface area contributed by atoms with Gasteiger partial charge in [0.05, 0.1) is 13.7 Å². The molecule has 0 aliphatic heterocycles. The third-order valence-corrected chi connectivity index (χ3v) is 3.04. The number of aromatic nitrogens is 2. The van der Waals surface area contributed by atoms with Crippen LogP contribution in [0.3, 0.4) is 0 Å². The molecule has 1 aromatic heterocycles. The molecule has 0 aliphatic carbocycles. The predicted molar refractivity (Wildman–Crippen MR) is 85.3 cm³/mol. The molecule has 2 rings (SSSR count). The molecule has 0 fully saturated rings. The van der Waals surface area contributed by atoms with Crippen LogP contribution >= 0.6 is 11.6 Å². The Morgan fingerprint density at radius 3 is 2.46 bits per heavy atom. The maximum absolute atomic E-state index is 11.7. The zero-order chi connectivity index (χ0) is 17.4. The van der Waals surface area contributed by atoms with Crippen LogP contribution in [-0.4, -0.2) is 35.7 Å². The van der Waals surface area contributed by atoms with Crippen molar-refractivity contribution in [1.82, 2.24) is 21.0 Å². The molecule has 0 radical (unpaired) electrons. The first-order valence-electron chi connectivity index (χ1n) is 6.87. The topological polar surface area (TPSA) is 102 Å². The minimum atomic E-state index is -0.609. The van der Waals surface area contributed by atoms with Crippen LogP contribution in [0.1, 0.15) is 16.1 Å². The number of nitrogens with zero attached hydrogens (tertiary/aromatic N) is 2. The molecule has 0 saturated heterocycles. The van der Waals surface area contributed by atoms with Gasteiger partial charge in [-0.3, -0.25) is 20.4 Å². The van der Waals surface area contributed by atoms with E-state index in [-0.39, 0.29) is 24.1 Å². The number of hydrazine groups is 1. The van der Waals surface area contributed by atoms with Gasteiger partial charge in [0, 0.05) is 0 Å². The van der Waals surface area contributed by atoms with Gasteiger partial charge >= 0.3 is 0 Å². The van der Waals surface area contributed by atoms with E-state index in [9.17, 15) is 9.59 Å². The van der Waals surface area contributed by atoms with Crippen molar-refractivity contribution in [3.63, 3.8) is 0 Å². The number of carbonyl (C=O) groups excluding carboxylic acids is 2. The van der Waals surface area contributed by atoms with E-state index < -0.39 is 11.8 Å². The van der Waals surface area contributed by atoms with Crippen LogP contribution in [0.4, 0.5) is 0 Å². The minimum Gasteiger partial charge on any atom is -0.497 e. The molecule has 1 aromatic carbocycles. The second-order valence-corrected chi connectivity index (χ2v) is 4.97. The van der Waals surface area contributed by atoms with Crippen molar-refractivity contribution in [3.05, 3.63) is 52.8 Å². The van der Waals surface area contributed by atoms with Crippen molar-refractivity contribution in [2.75, 3.05) is 13.7 Å². The Morgan fingerprint density at radius 2 is 1.83 bits per heavy atom. The third-order valence-electron chi connectivity index (χ3n) is 2.84. The number of nitrogens with one attached hydrogen (secondary N) is 2. The van der Waals surface area contributed by atoms with Crippen LogP contribution in [0.2, 0.25) is 5.15 Å². The molecule has 0 spiro atoms. The predicted octanol–water partition coefficient (Wildman–Crippen LogP) is 1.12. The van der Waals surface area contributed by atoms with E-state index in [0.29, 0.717) is 0 Å². The lowest BCUT2D eigenvalue weighted by atomic mass is 10.2. The van der Waals surface area contributed by atoms with Crippen LogP contribution in [0.25, 0.3) is 0 Å². The Bertz CT molecular complexity index is 692. The van der Waals surface area contributed by atoms with Gasteiger partial charge in [-0.1, -0.05) is 23.7 Å². The lowest BCUT2D eigenvalue weighted by molar-refractivity contribution is -0.126. The first kappa shape index (κ1) is 17.6. The standard InChI is InChI=1S/C15H15ClN4O4/c1-23-11-4-2-10(3-5-11)8-24-9-14(21)19-20-15(22)12-6-7-13(16)18-17-12/h2-7H,8-9H2,1H3,(H,19,21)(H,20,22). The molecule has 0 saturated carbocycles. The molecular weight excluding hydrogens is 336 g/mol. The summed E-state index contributed by atoms with van der Waals surface area (Å²) in [4.78, 5) is 23.3. The Morgan fingerprint density at radius 1 is 1.08 bits per heavy atom. The molecule has 1 heterocycles. The molecule has 2 amide bonds. The van der Waals surface area contributed by atoms with E-state index in [1.165, 1.54) is 12.1 Å². The minimum absolute atomic E-state index is 0.0267. The number of hydrogen-bond acceptors (Lipinski definition) is 6. The Labute approximate surface area is 143 Å². The fourth-order valence-electron chi connectivity index (χ4n) is 1.65. The van der Waals surface area contributed by atoms with Crippen molar-refractivity contribution in [2.45, 2.75) is 6.61 Å². The molecule has 126 valence electrons. The maximum atomic E-state index is 11.7. The van der Waals surface area contributed by atoms with Gasteiger partial charge in [-0.15, -0.1) is 10.2 Å². The van der Waals surface area contributed by atoms with Gasteiger partial charge in [-0.25, -0.2) is 0 Å². The van der Waals surface area contributed by atoms with Crippen molar-refractivity contribution in [3.8, 4) is 5.75 Å². The van der Waals surface area contributed by atoms with Gasteiger partial charge in [-0.05, 0) is 29.8 Å². The van der Waals surface area contributed by atoms with Crippen molar-refractivity contribution >= 4 is 23.4 Å². The zero-order valence-corrected chi connectivity index (χ0v) is 13.5. The number of methoxy groups -OCH3 is 1. The molecule has 0 atom stereocenters. The number of hydrogen-bond donors (Lipinski definition) is 2. The SMILES string of the molecule is COc1ccc(COCC(=O)NNC(=O)c2ccc(Cl)nn2)cc1. The first-order chi connectivity index (χ1) is 11.6. The highest BCUT2D eigenvalue weighted by Gasteiger charge is 2.09. The lowest BCUT2D eigenvalue weighted by Gasteiger charge is -2.08. The molecule has 0 bridgehead atoms. The fourth-order valence-corrected chi connectivity index (χ4v) is 1.75. The Balaban J connectivity index is 1.69. The summed E-state index contributed by atoms with van der Waals surface area (Å²) in [7, 11) is 1.58.